The maximum atomic E-state index is 12.9. The topological polar surface area (TPSA) is 67.9 Å². The Labute approximate surface area is 194 Å². The van der Waals surface area contributed by atoms with Crippen molar-refractivity contribution < 1.29 is 19.1 Å². The van der Waals surface area contributed by atoms with Crippen molar-refractivity contribution in [1.29, 1.82) is 0 Å². The fourth-order valence-corrected chi connectivity index (χ4v) is 3.89. The minimum Gasteiger partial charge on any atom is -0.492 e. The fraction of sp³-hybridized carbons (Fsp3) is 0.259. The molecule has 3 aromatic rings. The highest BCUT2D eigenvalue weighted by molar-refractivity contribution is 6.04. The van der Waals surface area contributed by atoms with Gasteiger partial charge >= 0.3 is 0 Å². The summed E-state index contributed by atoms with van der Waals surface area (Å²) in [7, 11) is 0. The Morgan fingerprint density at radius 2 is 1.73 bits per heavy atom. The lowest BCUT2D eigenvalue weighted by Gasteiger charge is -2.20. The second-order valence-corrected chi connectivity index (χ2v) is 8.12. The van der Waals surface area contributed by atoms with Crippen LogP contribution in [-0.2, 0) is 9.59 Å². The Hall–Kier alpha value is -3.80. The molecule has 1 aliphatic heterocycles. The molecule has 0 aromatic heterocycles. The molecule has 0 unspecified atom stereocenters. The summed E-state index contributed by atoms with van der Waals surface area (Å²) in [5.74, 6) is 1.45. The number of rotatable bonds is 7. The van der Waals surface area contributed by atoms with Crippen LogP contribution in [0.25, 0.3) is 0 Å². The lowest BCUT2D eigenvalue weighted by Crippen LogP contribution is -2.28. The van der Waals surface area contributed by atoms with E-state index in [1.807, 2.05) is 75.4 Å². The lowest BCUT2D eigenvalue weighted by atomic mass is 10.1. The van der Waals surface area contributed by atoms with E-state index in [2.05, 4.69) is 5.32 Å². The molecule has 1 N–H and O–H groups in total. The van der Waals surface area contributed by atoms with Crippen LogP contribution in [0.4, 0.5) is 11.4 Å². The van der Waals surface area contributed by atoms with Gasteiger partial charge in [-0.15, -0.1) is 0 Å². The Morgan fingerprint density at radius 1 is 1.00 bits per heavy atom. The molecule has 2 amide bonds. The number of para-hydroxylation sites is 2. The third-order valence-electron chi connectivity index (χ3n) is 5.86. The maximum absolute atomic E-state index is 12.9. The average molecular weight is 445 g/mol. The van der Waals surface area contributed by atoms with Crippen molar-refractivity contribution in [3.8, 4) is 17.2 Å². The van der Waals surface area contributed by atoms with E-state index < -0.39 is 5.92 Å². The molecule has 0 saturated carbocycles. The quantitative estimate of drug-likeness (QED) is 0.524. The molecule has 1 fully saturated rings. The van der Waals surface area contributed by atoms with E-state index in [-0.39, 0.29) is 18.2 Å². The lowest BCUT2D eigenvalue weighted by molar-refractivity contribution is -0.122. The highest BCUT2D eigenvalue weighted by atomic mass is 16.5. The molecule has 6 nitrogen and oxygen atoms in total. The van der Waals surface area contributed by atoms with Crippen LogP contribution in [0, 0.1) is 19.8 Å². The summed E-state index contributed by atoms with van der Waals surface area (Å²) < 4.78 is 11.6. The second kappa shape index (κ2) is 9.77. The molecule has 170 valence electrons. The molecule has 33 heavy (non-hydrogen) atoms. The van der Waals surface area contributed by atoms with Crippen molar-refractivity contribution in [2.45, 2.75) is 27.2 Å². The molecule has 3 aromatic carbocycles. The molecule has 1 aliphatic rings. The summed E-state index contributed by atoms with van der Waals surface area (Å²) in [4.78, 5) is 27.1. The van der Waals surface area contributed by atoms with Crippen molar-refractivity contribution in [3.63, 3.8) is 0 Å². The van der Waals surface area contributed by atoms with Gasteiger partial charge in [0, 0.05) is 18.7 Å². The molecule has 6 heteroatoms. The van der Waals surface area contributed by atoms with Crippen molar-refractivity contribution in [1.82, 2.24) is 0 Å². The van der Waals surface area contributed by atoms with Crippen LogP contribution in [-0.4, -0.2) is 25.0 Å². The second-order valence-electron chi connectivity index (χ2n) is 8.12. The number of nitrogens with one attached hydrogen (secondary N) is 1. The van der Waals surface area contributed by atoms with Crippen LogP contribution in [0.5, 0.6) is 17.2 Å². The number of benzene rings is 3. The standard InChI is InChI=1S/C27H28N2O4/c1-4-32-25-10-6-5-9-23(25)29-17-20(16-26(29)30)27(31)28-21-12-14-22(15-13-21)33-24-11-7-8-18(2)19(24)3/h5-15,20H,4,16-17H2,1-3H3,(H,28,31)/t20-/m0/s1. The van der Waals surface area contributed by atoms with Crippen LogP contribution < -0.4 is 19.7 Å². The molecule has 4 rings (SSSR count). The number of amides is 2. The Morgan fingerprint density at radius 3 is 2.48 bits per heavy atom. The first-order valence-corrected chi connectivity index (χ1v) is 11.1. The first kappa shape index (κ1) is 22.4. The molecule has 0 spiro atoms. The highest BCUT2D eigenvalue weighted by Gasteiger charge is 2.36. The van der Waals surface area contributed by atoms with Gasteiger partial charge in [0.15, 0.2) is 0 Å². The minimum absolute atomic E-state index is 0.0837. The van der Waals surface area contributed by atoms with Crippen LogP contribution >= 0.6 is 0 Å². The predicted octanol–water partition coefficient (Wildman–Crippen LogP) is 5.49. The molecule has 1 saturated heterocycles. The highest BCUT2D eigenvalue weighted by Crippen LogP contribution is 2.33. The normalized spacial score (nSPS) is 15.4. The molecule has 1 atom stereocenters. The van der Waals surface area contributed by atoms with E-state index >= 15 is 0 Å². The first-order valence-electron chi connectivity index (χ1n) is 11.1. The van der Waals surface area contributed by atoms with Crippen molar-refractivity contribution in [2.75, 3.05) is 23.4 Å². The molecule has 0 bridgehead atoms. The fourth-order valence-electron chi connectivity index (χ4n) is 3.89. The van der Waals surface area contributed by atoms with Crippen molar-refractivity contribution in [3.05, 3.63) is 77.9 Å². The van der Waals surface area contributed by atoms with Crippen LogP contribution in [0.2, 0.25) is 0 Å². The van der Waals surface area contributed by atoms with Gasteiger partial charge in [-0.1, -0.05) is 24.3 Å². The van der Waals surface area contributed by atoms with E-state index in [9.17, 15) is 9.59 Å². The smallest absolute Gasteiger partial charge is 0.229 e. The number of aryl methyl sites for hydroxylation is 1. The molecular weight excluding hydrogens is 416 g/mol. The van der Waals surface area contributed by atoms with Gasteiger partial charge in [0.25, 0.3) is 0 Å². The van der Waals surface area contributed by atoms with Crippen molar-refractivity contribution >= 4 is 23.2 Å². The maximum Gasteiger partial charge on any atom is 0.229 e. The first-order chi connectivity index (χ1) is 16.0. The van der Waals surface area contributed by atoms with E-state index in [1.54, 1.807) is 17.0 Å². The van der Waals surface area contributed by atoms with Gasteiger partial charge in [0.1, 0.15) is 17.2 Å². The van der Waals surface area contributed by atoms with E-state index in [0.717, 1.165) is 11.3 Å². The van der Waals surface area contributed by atoms with Gasteiger partial charge in [-0.3, -0.25) is 9.59 Å². The number of hydrogen-bond acceptors (Lipinski definition) is 4. The largest absolute Gasteiger partial charge is 0.492 e. The van der Waals surface area contributed by atoms with E-state index in [1.165, 1.54) is 5.56 Å². The number of ether oxygens (including phenoxy) is 2. The molecular formula is C27H28N2O4. The Balaban J connectivity index is 1.40. The summed E-state index contributed by atoms with van der Waals surface area (Å²) in [5.41, 5.74) is 3.62. The van der Waals surface area contributed by atoms with E-state index in [4.69, 9.17) is 9.47 Å². The number of hydrogen-bond donors (Lipinski definition) is 1. The summed E-state index contributed by atoms with van der Waals surface area (Å²) in [6.07, 6.45) is 0.167. The third kappa shape index (κ3) is 5.00. The van der Waals surface area contributed by atoms with Crippen LogP contribution in [0.3, 0.4) is 0 Å². The number of anilines is 2. The minimum atomic E-state index is -0.432. The van der Waals surface area contributed by atoms with Gasteiger partial charge < -0.3 is 19.7 Å². The average Bonchev–Trinajstić information content (AvgIpc) is 3.20. The molecule has 0 radical (unpaired) electrons. The van der Waals surface area contributed by atoms with Gasteiger partial charge in [-0.25, -0.2) is 0 Å². The monoisotopic (exact) mass is 444 g/mol. The van der Waals surface area contributed by atoms with E-state index in [0.29, 0.717) is 36.0 Å². The van der Waals surface area contributed by atoms with Crippen molar-refractivity contribution in [2.24, 2.45) is 5.92 Å². The number of nitrogens with zero attached hydrogens (tertiary/aromatic N) is 1. The summed E-state index contributed by atoms with van der Waals surface area (Å²) in [6.45, 7) is 6.80. The number of carbonyl (C=O) groups is 2. The van der Waals surface area contributed by atoms with Gasteiger partial charge in [-0.05, 0) is 74.4 Å². The summed E-state index contributed by atoms with van der Waals surface area (Å²) in [6, 6.07) is 20.6. The molecule has 1 heterocycles. The van der Waals surface area contributed by atoms with Crippen LogP contribution in [0.1, 0.15) is 24.5 Å². The van der Waals surface area contributed by atoms with Gasteiger partial charge in [-0.2, -0.15) is 0 Å². The number of carbonyl (C=O) groups excluding carboxylic acids is 2. The SMILES string of the molecule is CCOc1ccccc1N1C[C@@H](C(=O)Nc2ccc(Oc3cccc(C)c3C)cc2)CC1=O. The zero-order valence-electron chi connectivity index (χ0n) is 19.1. The Bertz CT molecular complexity index is 1160. The third-order valence-corrected chi connectivity index (χ3v) is 5.86. The zero-order chi connectivity index (χ0) is 23.4. The Kier molecular flexibility index (Phi) is 6.63. The summed E-state index contributed by atoms with van der Waals surface area (Å²) >= 11 is 0. The zero-order valence-corrected chi connectivity index (χ0v) is 19.1. The van der Waals surface area contributed by atoms with Gasteiger partial charge in [0.05, 0.1) is 18.2 Å². The molecule has 0 aliphatic carbocycles. The van der Waals surface area contributed by atoms with Crippen LogP contribution in [0.15, 0.2) is 66.7 Å². The van der Waals surface area contributed by atoms with Gasteiger partial charge in [0.2, 0.25) is 11.8 Å². The summed E-state index contributed by atoms with van der Waals surface area (Å²) in [5, 5.41) is 2.92. The predicted molar refractivity (Wildman–Crippen MR) is 129 cm³/mol.